The molecule has 8 nitrogen and oxygen atoms in total. The number of quaternary nitrogens is 1. The molecule has 3 unspecified atom stereocenters. The van der Waals surface area contributed by atoms with Crippen molar-refractivity contribution in [3.63, 3.8) is 0 Å². The third-order valence-corrected chi connectivity index (χ3v) is 15.6. The fraction of sp³-hybridized carbons (Fsp3) is 0.809. The fourth-order valence-corrected chi connectivity index (χ4v) is 10.3. The predicted molar refractivity (Wildman–Crippen MR) is 334 cm³/mol. The highest BCUT2D eigenvalue weighted by atomic mass is 31.2. The maximum absolute atomic E-state index is 13.0. The molecule has 0 radical (unpaired) electrons. The number of rotatable bonds is 60. The number of amides is 1. The van der Waals surface area contributed by atoms with Gasteiger partial charge in [0.25, 0.3) is 7.82 Å². The molecule has 0 spiro atoms. The van der Waals surface area contributed by atoms with Gasteiger partial charge < -0.3 is 28.8 Å². The number of phosphoric acid groups is 1. The van der Waals surface area contributed by atoms with Crippen LogP contribution in [0.3, 0.4) is 0 Å². The largest absolute Gasteiger partial charge is 0.756 e. The highest BCUT2D eigenvalue weighted by Gasteiger charge is 2.23. The van der Waals surface area contributed by atoms with Crippen LogP contribution < -0.4 is 10.2 Å². The first kappa shape index (κ1) is 74.9. The minimum absolute atomic E-state index is 0.00360. The summed E-state index contributed by atoms with van der Waals surface area (Å²) in [6.07, 6.45) is 81.4. The quantitative estimate of drug-likeness (QED) is 0.0272. The number of aliphatic hydroxyl groups is 1. The Hall–Kier alpha value is -2.06. The van der Waals surface area contributed by atoms with Crippen LogP contribution in [0, 0.1) is 0 Å². The predicted octanol–water partition coefficient (Wildman–Crippen LogP) is 20.0. The highest BCUT2D eigenvalue weighted by molar-refractivity contribution is 7.45. The number of aliphatic hydroxyl groups excluding tert-OH is 1. The van der Waals surface area contributed by atoms with E-state index in [0.717, 1.165) is 70.6 Å². The summed E-state index contributed by atoms with van der Waals surface area (Å²) in [6.45, 7) is 4.57. The third kappa shape index (κ3) is 61.4. The molecule has 3 atom stereocenters. The molecule has 1 amide bonds. The third-order valence-electron chi connectivity index (χ3n) is 14.7. The van der Waals surface area contributed by atoms with Gasteiger partial charge in [-0.1, -0.05) is 305 Å². The van der Waals surface area contributed by atoms with Crippen molar-refractivity contribution < 1.29 is 32.9 Å². The maximum Gasteiger partial charge on any atom is 0.268 e. The van der Waals surface area contributed by atoms with E-state index >= 15 is 0 Å². The van der Waals surface area contributed by atoms with Crippen LogP contribution in [0.25, 0.3) is 0 Å². The van der Waals surface area contributed by atoms with Gasteiger partial charge in [0.15, 0.2) is 0 Å². The van der Waals surface area contributed by atoms with Crippen LogP contribution in [-0.4, -0.2) is 68.5 Å². The molecule has 0 aliphatic rings. The standard InChI is InChI=1S/C68H127N2O6P/c1-6-8-10-12-14-16-18-20-22-24-26-28-30-32-34-36-37-39-41-43-45-47-49-51-53-55-57-59-61-67(71)66(65-76-77(73,74)75-64-63-70(3,4)5)69-68(72)62-60-58-56-54-52-50-48-46-44-42-40-38-35-33-31-29-27-25-23-21-19-17-15-13-11-9-7-2/h9,11,15,17,21,23,27,29,33,35,59,61,66-67,71H,6-8,10,12-14,16,18-20,22,24-26,28,30-32,34,36-58,60,62-65H2,1-5H3,(H-,69,72,73,74)/b11-9-,17-15-,23-21-,29-27-,35-33-,61-59+. The Morgan fingerprint density at radius 1 is 0.468 bits per heavy atom. The smallest absolute Gasteiger partial charge is 0.268 e. The van der Waals surface area contributed by atoms with E-state index in [-0.39, 0.29) is 19.1 Å². The summed E-state index contributed by atoms with van der Waals surface area (Å²) in [7, 11) is 1.26. The number of hydrogen-bond acceptors (Lipinski definition) is 6. The van der Waals surface area contributed by atoms with Crippen LogP contribution >= 0.6 is 7.82 Å². The van der Waals surface area contributed by atoms with Gasteiger partial charge in [-0.05, 0) is 64.2 Å². The van der Waals surface area contributed by atoms with Crippen molar-refractivity contribution in [1.82, 2.24) is 5.32 Å². The summed E-state index contributed by atoms with van der Waals surface area (Å²) in [5, 5.41) is 14.0. The molecule has 0 aromatic carbocycles. The van der Waals surface area contributed by atoms with Crippen molar-refractivity contribution in [2.24, 2.45) is 0 Å². The number of hydrogen-bond donors (Lipinski definition) is 2. The number of phosphoric ester groups is 1. The second-order valence-electron chi connectivity index (χ2n) is 23.4. The first-order valence-corrected chi connectivity index (χ1v) is 34.3. The van der Waals surface area contributed by atoms with E-state index < -0.39 is 20.0 Å². The summed E-state index contributed by atoms with van der Waals surface area (Å²) in [5.41, 5.74) is 0. The van der Waals surface area contributed by atoms with E-state index in [1.165, 1.54) is 212 Å². The van der Waals surface area contributed by atoms with Crippen molar-refractivity contribution in [2.45, 2.75) is 315 Å². The van der Waals surface area contributed by atoms with Crippen molar-refractivity contribution >= 4 is 13.7 Å². The fourth-order valence-electron chi connectivity index (χ4n) is 9.60. The zero-order chi connectivity index (χ0) is 56.3. The van der Waals surface area contributed by atoms with Gasteiger partial charge in [-0.25, -0.2) is 0 Å². The van der Waals surface area contributed by atoms with Crippen molar-refractivity contribution in [2.75, 3.05) is 40.9 Å². The maximum atomic E-state index is 13.0. The summed E-state index contributed by atoms with van der Waals surface area (Å²) < 4.78 is 23.4. The molecule has 0 aliphatic heterocycles. The summed E-state index contributed by atoms with van der Waals surface area (Å²) in [6, 6.07) is -0.894. The van der Waals surface area contributed by atoms with Crippen LogP contribution in [0.4, 0.5) is 0 Å². The lowest BCUT2D eigenvalue weighted by atomic mass is 10.0. The van der Waals surface area contributed by atoms with Gasteiger partial charge in [0.1, 0.15) is 13.2 Å². The number of likely N-dealkylation sites (N-methyl/N-ethyl adjacent to an activating group) is 1. The van der Waals surface area contributed by atoms with Crippen molar-refractivity contribution in [3.8, 4) is 0 Å². The second kappa shape index (κ2) is 58.6. The molecule has 0 rings (SSSR count). The molecule has 2 N–H and O–H groups in total. The lowest BCUT2D eigenvalue weighted by Crippen LogP contribution is -2.45. The number of nitrogens with one attached hydrogen (secondary N) is 1. The van der Waals surface area contributed by atoms with Crippen molar-refractivity contribution in [1.29, 1.82) is 0 Å². The summed E-state index contributed by atoms with van der Waals surface area (Å²) in [5.74, 6) is -0.200. The van der Waals surface area contributed by atoms with Gasteiger partial charge >= 0.3 is 0 Å². The van der Waals surface area contributed by atoms with E-state index in [4.69, 9.17) is 9.05 Å². The van der Waals surface area contributed by atoms with Gasteiger partial charge in [0.2, 0.25) is 5.91 Å². The first-order chi connectivity index (χ1) is 37.5. The average Bonchev–Trinajstić information content (AvgIpc) is 3.39. The van der Waals surface area contributed by atoms with E-state index in [1.54, 1.807) is 6.08 Å². The number of carbonyl (C=O) groups is 1. The lowest BCUT2D eigenvalue weighted by molar-refractivity contribution is -0.870. The Bertz CT molecular complexity index is 1480. The monoisotopic (exact) mass is 1100 g/mol. The van der Waals surface area contributed by atoms with Crippen LogP contribution in [-0.2, 0) is 18.4 Å². The van der Waals surface area contributed by atoms with Crippen LogP contribution in [0.15, 0.2) is 72.9 Å². The molecule has 450 valence electrons. The number of unbranched alkanes of at least 4 members (excludes halogenated alkanes) is 37. The minimum Gasteiger partial charge on any atom is -0.756 e. The van der Waals surface area contributed by atoms with Crippen molar-refractivity contribution in [3.05, 3.63) is 72.9 Å². The van der Waals surface area contributed by atoms with Crippen LogP contribution in [0.2, 0.25) is 0 Å². The molecule has 0 bridgehead atoms. The Balaban J connectivity index is 4.14. The van der Waals surface area contributed by atoms with E-state index in [0.29, 0.717) is 17.4 Å². The lowest BCUT2D eigenvalue weighted by Gasteiger charge is -2.29. The molecule has 77 heavy (non-hydrogen) atoms. The van der Waals surface area contributed by atoms with Crippen LogP contribution in [0.1, 0.15) is 303 Å². The Morgan fingerprint density at radius 3 is 1.16 bits per heavy atom. The number of nitrogens with zero attached hydrogens (tertiary/aromatic N) is 1. The van der Waals surface area contributed by atoms with Crippen LogP contribution in [0.5, 0.6) is 0 Å². The zero-order valence-electron chi connectivity index (χ0n) is 51.4. The van der Waals surface area contributed by atoms with Gasteiger partial charge in [0, 0.05) is 6.42 Å². The zero-order valence-corrected chi connectivity index (χ0v) is 52.3. The first-order valence-electron chi connectivity index (χ1n) is 32.8. The molecule has 0 saturated heterocycles. The normalized spacial score (nSPS) is 14.2. The summed E-state index contributed by atoms with van der Waals surface area (Å²) >= 11 is 0. The van der Waals surface area contributed by atoms with Gasteiger partial charge in [-0.3, -0.25) is 9.36 Å². The number of allylic oxidation sites excluding steroid dienone is 11. The van der Waals surface area contributed by atoms with E-state index in [1.807, 2.05) is 27.2 Å². The average molecular weight is 1100 g/mol. The molecular formula is C68H127N2O6P. The van der Waals surface area contributed by atoms with Gasteiger partial charge in [0.05, 0.1) is 39.9 Å². The Morgan fingerprint density at radius 2 is 0.792 bits per heavy atom. The van der Waals surface area contributed by atoms with Gasteiger partial charge in [-0.15, -0.1) is 0 Å². The van der Waals surface area contributed by atoms with E-state index in [2.05, 4.69) is 79.9 Å². The van der Waals surface area contributed by atoms with Gasteiger partial charge in [-0.2, -0.15) is 0 Å². The molecule has 0 aromatic heterocycles. The van der Waals surface area contributed by atoms with E-state index in [9.17, 15) is 19.4 Å². The number of carbonyl (C=O) groups excluding carboxylic acids is 1. The molecule has 0 fully saturated rings. The highest BCUT2D eigenvalue weighted by Crippen LogP contribution is 2.38. The minimum atomic E-state index is -4.61. The molecule has 9 heteroatoms. The second-order valence-corrected chi connectivity index (χ2v) is 24.9. The molecule has 0 aliphatic carbocycles. The summed E-state index contributed by atoms with van der Waals surface area (Å²) in [4.78, 5) is 25.6. The Kier molecular flexibility index (Phi) is 57.0. The molecular weight excluding hydrogens is 972 g/mol. The Labute approximate surface area is 478 Å². The topological polar surface area (TPSA) is 108 Å². The SMILES string of the molecule is CC/C=C\C/C=C\C/C=C\C/C=C\C/C=C\CCCCCCCCCCCCCC(=O)NC(COP(=O)([O-])OCC[N+](C)(C)C)C(O)/C=C/CCCCCCCCCCCCCCCCCCCCCCCCCCCC. The molecule has 0 aromatic rings. The molecule has 0 saturated carbocycles. The molecule has 0 heterocycles.